The third kappa shape index (κ3) is 2.16. The van der Waals surface area contributed by atoms with Crippen LogP contribution in [0.4, 0.5) is 5.69 Å². The van der Waals surface area contributed by atoms with Gasteiger partial charge in [-0.2, -0.15) is 0 Å². The van der Waals surface area contributed by atoms with E-state index in [9.17, 15) is 0 Å². The van der Waals surface area contributed by atoms with Crippen LogP contribution in [-0.4, -0.2) is 18.5 Å². The van der Waals surface area contributed by atoms with Gasteiger partial charge in [0.15, 0.2) is 0 Å². The van der Waals surface area contributed by atoms with Crippen LogP contribution < -0.4 is 5.32 Å². The Bertz CT molecular complexity index is 352. The average molecular weight is 186 g/mol. The van der Waals surface area contributed by atoms with Crippen LogP contribution in [0.25, 0.3) is 0 Å². The van der Waals surface area contributed by atoms with E-state index >= 15 is 0 Å². The Hall–Kier alpha value is -1.70. The van der Waals surface area contributed by atoms with Crippen LogP contribution >= 0.6 is 0 Å². The third-order valence-corrected chi connectivity index (χ3v) is 2.17. The summed E-state index contributed by atoms with van der Waals surface area (Å²) in [5.74, 6) is 0. The molecule has 72 valence electrons. The van der Waals surface area contributed by atoms with Gasteiger partial charge in [-0.1, -0.05) is 18.2 Å². The van der Waals surface area contributed by atoms with Gasteiger partial charge in [-0.15, -0.1) is 0 Å². The van der Waals surface area contributed by atoms with Crippen LogP contribution in [0.2, 0.25) is 0 Å². The summed E-state index contributed by atoms with van der Waals surface area (Å²) in [5, 5.41) is 3.35. The van der Waals surface area contributed by atoms with E-state index in [1.165, 1.54) is 0 Å². The largest absolute Gasteiger partial charge is 0.377 e. The molecule has 1 aromatic carbocycles. The molecule has 0 saturated heterocycles. The van der Waals surface area contributed by atoms with Gasteiger partial charge in [0, 0.05) is 31.2 Å². The maximum absolute atomic E-state index is 3.35. The zero-order valence-corrected chi connectivity index (χ0v) is 8.27. The second-order valence-corrected chi connectivity index (χ2v) is 3.41. The second-order valence-electron chi connectivity index (χ2n) is 3.41. The van der Waals surface area contributed by atoms with Crippen molar-refractivity contribution in [2.75, 3.05) is 18.9 Å². The van der Waals surface area contributed by atoms with E-state index in [-0.39, 0.29) is 0 Å². The van der Waals surface area contributed by atoms with E-state index in [0.717, 1.165) is 17.9 Å². The number of nitrogens with one attached hydrogen (secondary N) is 1. The predicted molar refractivity (Wildman–Crippen MR) is 59.9 cm³/mol. The van der Waals surface area contributed by atoms with Gasteiger partial charge in [0.25, 0.3) is 0 Å². The van der Waals surface area contributed by atoms with E-state index in [1.807, 2.05) is 18.2 Å². The van der Waals surface area contributed by atoms with E-state index < -0.39 is 0 Å². The molecule has 0 aromatic heterocycles. The van der Waals surface area contributed by atoms with Gasteiger partial charge in [0.05, 0.1) is 0 Å². The predicted octanol–water partition coefficient (Wildman–Crippen LogP) is 2.44. The highest BCUT2D eigenvalue weighted by Gasteiger charge is 1.99. The summed E-state index contributed by atoms with van der Waals surface area (Å²) >= 11 is 0. The maximum atomic E-state index is 3.35. The summed E-state index contributed by atoms with van der Waals surface area (Å²) in [6, 6.07) is 10.2. The first-order valence-corrected chi connectivity index (χ1v) is 4.75. The number of rotatable bonds is 2. The Balaban J connectivity index is 2.03. The Kier molecular flexibility index (Phi) is 2.54. The summed E-state index contributed by atoms with van der Waals surface area (Å²) < 4.78 is 0. The van der Waals surface area contributed by atoms with Gasteiger partial charge in [-0.05, 0) is 24.3 Å². The normalized spacial score (nSPS) is 15.2. The molecular formula is C12H14N2. The van der Waals surface area contributed by atoms with Crippen LogP contribution in [0, 0.1) is 0 Å². The first kappa shape index (κ1) is 8.88. The number of allylic oxidation sites excluding steroid dienone is 1. The van der Waals surface area contributed by atoms with Crippen molar-refractivity contribution in [1.29, 1.82) is 0 Å². The summed E-state index contributed by atoms with van der Waals surface area (Å²) in [4.78, 5) is 2.14. The molecule has 1 aliphatic heterocycles. The highest BCUT2D eigenvalue weighted by Crippen LogP contribution is 2.12. The number of hydrogen-bond donors (Lipinski definition) is 1. The summed E-state index contributed by atoms with van der Waals surface area (Å²) in [5.41, 5.74) is 2.29. The van der Waals surface area contributed by atoms with Crippen molar-refractivity contribution in [3.05, 3.63) is 54.4 Å². The molecule has 1 aliphatic rings. The molecule has 0 fully saturated rings. The third-order valence-electron chi connectivity index (χ3n) is 2.17. The van der Waals surface area contributed by atoms with E-state index in [4.69, 9.17) is 0 Å². The van der Waals surface area contributed by atoms with E-state index in [1.54, 1.807) is 0 Å². The molecule has 1 aromatic rings. The van der Waals surface area contributed by atoms with Crippen LogP contribution in [0.3, 0.4) is 0 Å². The number of benzene rings is 1. The fourth-order valence-electron chi connectivity index (χ4n) is 1.36. The molecule has 0 bridgehead atoms. The van der Waals surface area contributed by atoms with Crippen molar-refractivity contribution >= 4 is 5.69 Å². The molecule has 0 atom stereocenters. The van der Waals surface area contributed by atoms with Crippen LogP contribution in [0.15, 0.2) is 54.4 Å². The summed E-state index contributed by atoms with van der Waals surface area (Å²) in [6.45, 7) is 0.964. The zero-order valence-electron chi connectivity index (χ0n) is 8.27. The van der Waals surface area contributed by atoms with Crippen molar-refractivity contribution in [3.8, 4) is 0 Å². The topological polar surface area (TPSA) is 15.3 Å². The van der Waals surface area contributed by atoms with Crippen LogP contribution in [0.5, 0.6) is 0 Å². The molecule has 2 rings (SSSR count). The molecule has 2 heteroatoms. The van der Waals surface area contributed by atoms with Crippen LogP contribution in [0.1, 0.15) is 0 Å². The lowest BCUT2D eigenvalue weighted by atomic mass is 10.2. The Morgan fingerprint density at radius 3 is 2.64 bits per heavy atom. The summed E-state index contributed by atoms with van der Waals surface area (Å²) in [7, 11) is 2.06. The SMILES string of the molecule is CN1C=CC(Nc2ccccc2)=CC1. The highest BCUT2D eigenvalue weighted by molar-refractivity contribution is 5.50. The van der Waals surface area contributed by atoms with E-state index in [2.05, 4.69) is 47.7 Å². The smallest absolute Gasteiger partial charge is 0.0384 e. The molecule has 1 N–H and O–H groups in total. The molecule has 0 unspecified atom stereocenters. The second kappa shape index (κ2) is 4.01. The molecular weight excluding hydrogens is 172 g/mol. The zero-order chi connectivity index (χ0) is 9.80. The van der Waals surface area contributed by atoms with Crippen LogP contribution in [-0.2, 0) is 0 Å². The monoisotopic (exact) mass is 186 g/mol. The van der Waals surface area contributed by atoms with Gasteiger partial charge >= 0.3 is 0 Å². The highest BCUT2D eigenvalue weighted by atomic mass is 15.1. The van der Waals surface area contributed by atoms with Crippen molar-refractivity contribution in [2.45, 2.75) is 0 Å². The van der Waals surface area contributed by atoms with Gasteiger partial charge in [-0.25, -0.2) is 0 Å². The van der Waals surface area contributed by atoms with Crippen molar-refractivity contribution in [2.24, 2.45) is 0 Å². The van der Waals surface area contributed by atoms with Gasteiger partial charge in [-0.3, -0.25) is 0 Å². The minimum Gasteiger partial charge on any atom is -0.377 e. The number of hydrogen-bond acceptors (Lipinski definition) is 2. The first-order chi connectivity index (χ1) is 6.84. The minimum atomic E-state index is 0.964. The van der Waals surface area contributed by atoms with Gasteiger partial charge in [0.1, 0.15) is 0 Å². The van der Waals surface area contributed by atoms with Crippen molar-refractivity contribution < 1.29 is 0 Å². The number of nitrogens with zero attached hydrogens (tertiary/aromatic N) is 1. The number of anilines is 1. The maximum Gasteiger partial charge on any atom is 0.0384 e. The molecule has 1 heterocycles. The Morgan fingerprint density at radius 2 is 2.00 bits per heavy atom. The lowest BCUT2D eigenvalue weighted by Gasteiger charge is -2.18. The summed E-state index contributed by atoms with van der Waals surface area (Å²) in [6.07, 6.45) is 6.33. The average Bonchev–Trinajstić information content (AvgIpc) is 2.23. The molecule has 0 aliphatic carbocycles. The first-order valence-electron chi connectivity index (χ1n) is 4.75. The van der Waals surface area contributed by atoms with Gasteiger partial charge in [0.2, 0.25) is 0 Å². The quantitative estimate of drug-likeness (QED) is 0.763. The number of para-hydroxylation sites is 1. The van der Waals surface area contributed by atoms with Crippen molar-refractivity contribution in [3.63, 3.8) is 0 Å². The minimum absolute atomic E-state index is 0.964. The fourth-order valence-corrected chi connectivity index (χ4v) is 1.36. The lowest BCUT2D eigenvalue weighted by molar-refractivity contribution is 0.502. The van der Waals surface area contributed by atoms with E-state index in [0.29, 0.717) is 0 Å². The molecule has 14 heavy (non-hydrogen) atoms. The molecule has 0 radical (unpaired) electrons. The van der Waals surface area contributed by atoms with Crippen molar-refractivity contribution in [1.82, 2.24) is 4.90 Å². The standard InChI is InChI=1S/C12H14N2/c1-14-9-7-12(8-10-14)13-11-5-3-2-4-6-11/h2-9,13H,10H2,1H3. The molecule has 0 spiro atoms. The Morgan fingerprint density at radius 1 is 1.21 bits per heavy atom. The molecule has 2 nitrogen and oxygen atoms in total. The molecule has 0 saturated carbocycles. The van der Waals surface area contributed by atoms with Gasteiger partial charge < -0.3 is 10.2 Å². The number of likely N-dealkylation sites (N-methyl/N-ethyl adjacent to an activating group) is 1. The lowest BCUT2D eigenvalue weighted by Crippen LogP contribution is -2.15. The Labute approximate surface area is 84.5 Å². The molecule has 0 amide bonds. The fraction of sp³-hybridized carbons (Fsp3) is 0.167.